The van der Waals surface area contributed by atoms with E-state index in [1.807, 2.05) is 31.2 Å². The number of anilines is 2. The molecule has 0 aliphatic carbocycles. The summed E-state index contributed by atoms with van der Waals surface area (Å²) < 4.78 is 11.9. The summed E-state index contributed by atoms with van der Waals surface area (Å²) in [7, 11) is 0. The maximum atomic E-state index is 11.8. The smallest absolute Gasteiger partial charge is 0.336 e. The van der Waals surface area contributed by atoms with Gasteiger partial charge in [-0.05, 0) is 58.7 Å². The molecule has 0 unspecified atom stereocenters. The molecule has 120 valence electrons. The number of hydrogen-bond donors (Lipinski definition) is 1. The zero-order chi connectivity index (χ0) is 16.8. The van der Waals surface area contributed by atoms with Crippen LogP contribution < -0.4 is 10.9 Å². The lowest BCUT2D eigenvalue weighted by Crippen LogP contribution is -1.98. The Kier molecular flexibility index (Phi) is 3.62. The first-order chi connectivity index (χ1) is 11.5. The van der Waals surface area contributed by atoms with Crippen LogP contribution in [-0.2, 0) is 0 Å². The first-order valence-corrected chi connectivity index (χ1v) is 8.37. The van der Waals surface area contributed by atoms with Gasteiger partial charge in [0.05, 0.1) is 16.1 Å². The van der Waals surface area contributed by atoms with Gasteiger partial charge in [0.1, 0.15) is 11.8 Å². The van der Waals surface area contributed by atoms with Gasteiger partial charge in [-0.3, -0.25) is 0 Å². The summed E-state index contributed by atoms with van der Waals surface area (Å²) >= 11 is 9.51. The maximum Gasteiger partial charge on any atom is 0.336 e. The largest absolute Gasteiger partial charge is 0.462 e. The van der Waals surface area contributed by atoms with E-state index in [9.17, 15) is 4.79 Å². The molecule has 24 heavy (non-hydrogen) atoms. The summed E-state index contributed by atoms with van der Waals surface area (Å²) in [6, 6.07) is 10.8. The number of furan rings is 1. The van der Waals surface area contributed by atoms with Crippen molar-refractivity contribution in [2.75, 3.05) is 5.32 Å². The van der Waals surface area contributed by atoms with E-state index in [-0.39, 0.29) is 5.63 Å². The summed E-state index contributed by atoms with van der Waals surface area (Å²) in [5.74, 6) is 0. The lowest BCUT2D eigenvalue weighted by atomic mass is 10.1. The van der Waals surface area contributed by atoms with Crippen molar-refractivity contribution < 1.29 is 8.83 Å². The van der Waals surface area contributed by atoms with Gasteiger partial charge in [0.15, 0.2) is 5.58 Å². The summed E-state index contributed by atoms with van der Waals surface area (Å²) in [4.78, 5) is 11.8. The lowest BCUT2D eigenvalue weighted by Gasteiger charge is -2.07. The fourth-order valence-electron chi connectivity index (χ4n) is 2.72. The van der Waals surface area contributed by atoms with E-state index < -0.39 is 0 Å². The van der Waals surface area contributed by atoms with E-state index in [2.05, 4.69) is 21.2 Å². The van der Waals surface area contributed by atoms with Crippen molar-refractivity contribution in [2.24, 2.45) is 0 Å². The summed E-state index contributed by atoms with van der Waals surface area (Å²) in [5, 5.41) is 5.47. The van der Waals surface area contributed by atoms with E-state index in [1.54, 1.807) is 12.3 Å². The molecule has 0 amide bonds. The second-order valence-corrected chi connectivity index (χ2v) is 6.73. The molecule has 6 heteroatoms. The Morgan fingerprint density at radius 2 is 2.00 bits per heavy atom. The molecular formula is C18H11BrClNO3. The fourth-order valence-corrected chi connectivity index (χ4v) is 3.15. The van der Waals surface area contributed by atoms with Crippen molar-refractivity contribution in [3.05, 3.63) is 68.1 Å². The van der Waals surface area contributed by atoms with Gasteiger partial charge >= 0.3 is 5.63 Å². The Balaban J connectivity index is 1.94. The van der Waals surface area contributed by atoms with Gasteiger partial charge in [0, 0.05) is 21.6 Å². The number of aryl methyl sites for hydroxylation is 1. The zero-order valence-electron chi connectivity index (χ0n) is 12.5. The van der Waals surface area contributed by atoms with Crippen LogP contribution in [0.1, 0.15) is 5.56 Å². The van der Waals surface area contributed by atoms with Crippen molar-refractivity contribution in [1.82, 2.24) is 0 Å². The molecule has 0 fully saturated rings. The third-order valence-corrected chi connectivity index (χ3v) is 5.09. The van der Waals surface area contributed by atoms with Crippen molar-refractivity contribution in [2.45, 2.75) is 6.92 Å². The SMILES string of the molecule is Cc1cc(=O)oc2c1ccc1occ(Nc3ccc(Br)c(Cl)c3)c12. The number of fused-ring (bicyclic) bond motifs is 3. The van der Waals surface area contributed by atoms with Crippen LogP contribution in [0, 0.1) is 6.92 Å². The molecule has 2 aromatic carbocycles. The predicted molar refractivity (Wildman–Crippen MR) is 99.4 cm³/mol. The third kappa shape index (κ3) is 2.50. The van der Waals surface area contributed by atoms with Gasteiger partial charge < -0.3 is 14.2 Å². The summed E-state index contributed by atoms with van der Waals surface area (Å²) in [6.07, 6.45) is 1.60. The first-order valence-electron chi connectivity index (χ1n) is 7.19. The average Bonchev–Trinajstić information content (AvgIpc) is 2.94. The standard InChI is InChI=1S/C18H11BrClNO3/c1-9-6-16(22)24-18-11(9)3-5-15-17(18)14(8-23-15)21-10-2-4-12(19)13(20)7-10/h2-8,21H,1H3. The highest BCUT2D eigenvalue weighted by Gasteiger charge is 2.14. The predicted octanol–water partition coefficient (Wildman–Crippen LogP) is 6.01. The molecule has 0 aliphatic rings. The van der Waals surface area contributed by atoms with Gasteiger partial charge in [-0.2, -0.15) is 0 Å². The second-order valence-electron chi connectivity index (χ2n) is 5.47. The Labute approximate surface area is 150 Å². The molecule has 0 aliphatic heterocycles. The minimum atomic E-state index is -0.383. The van der Waals surface area contributed by atoms with Crippen LogP contribution in [0.4, 0.5) is 11.4 Å². The van der Waals surface area contributed by atoms with Crippen molar-refractivity contribution in [3.8, 4) is 0 Å². The van der Waals surface area contributed by atoms with E-state index >= 15 is 0 Å². The van der Waals surface area contributed by atoms with E-state index in [0.29, 0.717) is 21.9 Å². The Morgan fingerprint density at radius 1 is 1.17 bits per heavy atom. The van der Waals surface area contributed by atoms with Crippen LogP contribution in [0.2, 0.25) is 5.02 Å². The topological polar surface area (TPSA) is 55.4 Å². The van der Waals surface area contributed by atoms with Gasteiger partial charge in [-0.25, -0.2) is 4.79 Å². The first kappa shape index (κ1) is 15.3. The highest BCUT2D eigenvalue weighted by atomic mass is 79.9. The van der Waals surface area contributed by atoms with Crippen molar-refractivity contribution in [1.29, 1.82) is 0 Å². The molecule has 4 rings (SSSR count). The van der Waals surface area contributed by atoms with E-state index in [0.717, 1.165) is 26.5 Å². The third-order valence-electron chi connectivity index (χ3n) is 3.85. The maximum absolute atomic E-state index is 11.8. The quantitative estimate of drug-likeness (QED) is 0.416. The number of benzene rings is 2. The van der Waals surface area contributed by atoms with Crippen LogP contribution in [0.3, 0.4) is 0 Å². The molecule has 2 aromatic heterocycles. The monoisotopic (exact) mass is 403 g/mol. The lowest BCUT2D eigenvalue weighted by molar-refractivity contribution is 0.562. The number of rotatable bonds is 2. The molecule has 0 spiro atoms. The minimum absolute atomic E-state index is 0.383. The normalized spacial score (nSPS) is 11.3. The highest BCUT2D eigenvalue weighted by Crippen LogP contribution is 2.36. The van der Waals surface area contributed by atoms with Crippen molar-refractivity contribution >= 4 is 60.8 Å². The highest BCUT2D eigenvalue weighted by molar-refractivity contribution is 9.10. The summed E-state index contributed by atoms with van der Waals surface area (Å²) in [5.41, 5.74) is 3.15. The molecule has 0 saturated carbocycles. The molecule has 4 nitrogen and oxygen atoms in total. The van der Waals surface area contributed by atoms with Crippen LogP contribution in [-0.4, -0.2) is 0 Å². The second kappa shape index (κ2) is 5.69. The van der Waals surface area contributed by atoms with E-state index in [1.165, 1.54) is 6.07 Å². The number of nitrogens with one attached hydrogen (secondary N) is 1. The minimum Gasteiger partial charge on any atom is -0.462 e. The Hall–Kier alpha value is -2.24. The molecule has 0 saturated heterocycles. The molecule has 0 radical (unpaired) electrons. The molecular weight excluding hydrogens is 394 g/mol. The number of halogens is 2. The zero-order valence-corrected chi connectivity index (χ0v) is 14.9. The van der Waals surface area contributed by atoms with Gasteiger partial charge in [-0.1, -0.05) is 11.6 Å². The van der Waals surface area contributed by atoms with Gasteiger partial charge in [0.2, 0.25) is 0 Å². The van der Waals surface area contributed by atoms with Gasteiger partial charge in [0.25, 0.3) is 0 Å². The van der Waals surface area contributed by atoms with Gasteiger partial charge in [-0.15, -0.1) is 0 Å². The molecule has 1 N–H and O–H groups in total. The fraction of sp³-hybridized carbons (Fsp3) is 0.0556. The van der Waals surface area contributed by atoms with Crippen molar-refractivity contribution in [3.63, 3.8) is 0 Å². The summed E-state index contributed by atoms with van der Waals surface area (Å²) in [6.45, 7) is 1.88. The number of hydrogen-bond acceptors (Lipinski definition) is 4. The van der Waals surface area contributed by atoms with E-state index in [4.69, 9.17) is 20.4 Å². The van der Waals surface area contributed by atoms with Crippen LogP contribution in [0.25, 0.3) is 21.9 Å². The Bertz CT molecular complexity index is 1150. The molecule has 2 heterocycles. The molecule has 0 atom stereocenters. The Morgan fingerprint density at radius 3 is 2.79 bits per heavy atom. The van der Waals surface area contributed by atoms with Crippen LogP contribution in [0.15, 0.2) is 60.8 Å². The van der Waals surface area contributed by atoms with Crippen LogP contribution in [0.5, 0.6) is 0 Å². The molecule has 4 aromatic rings. The molecule has 0 bridgehead atoms. The van der Waals surface area contributed by atoms with Crippen LogP contribution >= 0.6 is 27.5 Å². The average molecular weight is 405 g/mol.